The number of hydrogen-bond donors (Lipinski definition) is 2. The fourth-order valence-corrected chi connectivity index (χ4v) is 6.04. The number of rotatable bonds is 8. The molecule has 8 heteroatoms. The normalized spacial score (nSPS) is 23.0. The molecule has 1 saturated carbocycles. The zero-order chi connectivity index (χ0) is 23.8. The van der Waals surface area contributed by atoms with Gasteiger partial charge in [0.25, 0.3) is 0 Å². The van der Waals surface area contributed by atoms with Crippen molar-refractivity contribution in [1.29, 1.82) is 0 Å². The van der Waals surface area contributed by atoms with Crippen molar-refractivity contribution in [2.45, 2.75) is 18.4 Å². The first-order chi connectivity index (χ1) is 16.5. The van der Waals surface area contributed by atoms with Crippen molar-refractivity contribution < 1.29 is 24.2 Å². The molecule has 1 saturated heterocycles. The van der Waals surface area contributed by atoms with Crippen molar-refractivity contribution in [3.63, 3.8) is 0 Å². The Bertz CT molecular complexity index is 1060. The number of amides is 2. The number of carbonyl (C=O) groups excluding carboxylic acids is 2. The topological polar surface area (TPSA) is 95.9 Å². The number of fused-ring (bicyclic) bond motifs is 4. The van der Waals surface area contributed by atoms with Gasteiger partial charge in [-0.15, -0.1) is 0 Å². The van der Waals surface area contributed by atoms with Crippen molar-refractivity contribution in [1.82, 2.24) is 10.2 Å². The van der Waals surface area contributed by atoms with Crippen LogP contribution >= 0.6 is 11.8 Å². The summed E-state index contributed by atoms with van der Waals surface area (Å²) in [5.74, 6) is -0.509. The molecule has 0 spiro atoms. The van der Waals surface area contributed by atoms with Crippen molar-refractivity contribution >= 4 is 29.7 Å². The van der Waals surface area contributed by atoms with Gasteiger partial charge in [0, 0.05) is 19.0 Å². The number of carboxylic acid groups (broad SMARTS) is 1. The second kappa shape index (κ2) is 9.33. The lowest BCUT2D eigenvalue weighted by molar-refractivity contribution is -0.141. The SMILES string of the molecule is CSCC[C@@H](NC(=O)OCC1c2ccccc2-c2ccccc21)C(=O)N1C[C@@H]2C(C(=O)O)[C@@H]2C1. The smallest absolute Gasteiger partial charge is 0.407 e. The summed E-state index contributed by atoms with van der Waals surface area (Å²) < 4.78 is 5.64. The number of alkyl carbamates (subject to hydrolysis) is 1. The lowest BCUT2D eigenvalue weighted by Crippen LogP contribution is -2.49. The third kappa shape index (κ3) is 4.15. The Morgan fingerprint density at radius 1 is 1.06 bits per heavy atom. The molecule has 2 aromatic carbocycles. The second-order valence-electron chi connectivity index (χ2n) is 9.24. The van der Waals surface area contributed by atoms with Crippen LogP contribution < -0.4 is 5.32 Å². The number of piperidine rings is 1. The molecule has 2 aromatic rings. The van der Waals surface area contributed by atoms with E-state index in [1.807, 2.05) is 30.5 Å². The summed E-state index contributed by atoms with van der Waals surface area (Å²) in [5, 5.41) is 12.0. The maximum Gasteiger partial charge on any atom is 0.407 e. The Morgan fingerprint density at radius 3 is 2.21 bits per heavy atom. The number of carboxylic acids is 1. The standard InChI is InChI=1S/C26H28N2O5S/c1-34-11-10-22(24(29)28-12-19-20(13-28)23(19)25(30)31)27-26(32)33-14-21-17-8-4-2-6-15(17)16-7-3-5-9-18(16)21/h2-9,19-23H,10-14H2,1H3,(H,27,32)(H,30,31)/t19-,20+,22-,23?/m1/s1. The maximum absolute atomic E-state index is 13.1. The molecule has 0 aromatic heterocycles. The van der Waals surface area contributed by atoms with Gasteiger partial charge in [0.1, 0.15) is 12.6 Å². The largest absolute Gasteiger partial charge is 0.481 e. The van der Waals surface area contributed by atoms with Crippen molar-refractivity contribution in [3.8, 4) is 11.1 Å². The number of thioether (sulfide) groups is 1. The summed E-state index contributed by atoms with van der Waals surface area (Å²) in [6.45, 7) is 1.09. The Balaban J connectivity index is 1.21. The summed E-state index contributed by atoms with van der Waals surface area (Å²) in [6, 6.07) is 15.6. The molecule has 1 unspecified atom stereocenters. The van der Waals surface area contributed by atoms with Crippen molar-refractivity contribution in [3.05, 3.63) is 59.7 Å². The molecule has 1 aliphatic heterocycles. The van der Waals surface area contributed by atoms with E-state index in [1.165, 1.54) is 0 Å². The first-order valence-corrected chi connectivity index (χ1v) is 13.0. The third-order valence-corrected chi connectivity index (χ3v) is 7.98. The highest BCUT2D eigenvalue weighted by molar-refractivity contribution is 7.98. The molecule has 3 aliphatic rings. The van der Waals surface area contributed by atoms with E-state index in [0.717, 1.165) is 28.0 Å². The monoisotopic (exact) mass is 480 g/mol. The van der Waals surface area contributed by atoms with E-state index in [9.17, 15) is 19.5 Å². The van der Waals surface area contributed by atoms with E-state index in [1.54, 1.807) is 16.7 Å². The van der Waals surface area contributed by atoms with Crippen LogP contribution in [0.15, 0.2) is 48.5 Å². The second-order valence-corrected chi connectivity index (χ2v) is 10.2. The minimum absolute atomic E-state index is 0.0390. The van der Waals surface area contributed by atoms with Gasteiger partial charge in [-0.2, -0.15) is 11.8 Å². The van der Waals surface area contributed by atoms with Gasteiger partial charge < -0.3 is 20.1 Å². The molecule has 2 aliphatic carbocycles. The van der Waals surface area contributed by atoms with E-state index in [-0.39, 0.29) is 36.2 Å². The van der Waals surface area contributed by atoms with Crippen molar-refractivity contribution in [2.24, 2.45) is 17.8 Å². The minimum Gasteiger partial charge on any atom is -0.481 e. The van der Waals surface area contributed by atoms with Gasteiger partial charge in [-0.3, -0.25) is 9.59 Å². The van der Waals surface area contributed by atoms with E-state index in [2.05, 4.69) is 29.6 Å². The van der Waals surface area contributed by atoms with E-state index in [4.69, 9.17) is 4.74 Å². The molecule has 2 N–H and O–H groups in total. The molecule has 0 radical (unpaired) electrons. The average Bonchev–Trinajstić information content (AvgIpc) is 3.20. The fraction of sp³-hybridized carbons (Fsp3) is 0.423. The van der Waals surface area contributed by atoms with E-state index >= 15 is 0 Å². The number of likely N-dealkylation sites (tertiary alicyclic amines) is 1. The molecule has 2 amide bonds. The van der Waals surface area contributed by atoms with Gasteiger partial charge in [-0.1, -0.05) is 48.5 Å². The van der Waals surface area contributed by atoms with Crippen LogP contribution in [-0.2, 0) is 14.3 Å². The highest BCUT2D eigenvalue weighted by Crippen LogP contribution is 2.52. The molecule has 2 fully saturated rings. The summed E-state index contributed by atoms with van der Waals surface area (Å²) in [4.78, 5) is 38.8. The molecule has 7 nitrogen and oxygen atoms in total. The Labute approximate surface area is 202 Å². The van der Waals surface area contributed by atoms with Crippen LogP contribution in [0.25, 0.3) is 11.1 Å². The van der Waals surface area contributed by atoms with E-state index < -0.39 is 18.1 Å². The van der Waals surface area contributed by atoms with Gasteiger partial charge in [0.05, 0.1) is 5.92 Å². The Kier molecular flexibility index (Phi) is 6.25. The highest BCUT2D eigenvalue weighted by Gasteiger charge is 2.60. The lowest BCUT2D eigenvalue weighted by atomic mass is 9.98. The Hall–Kier alpha value is -3.00. The summed E-state index contributed by atoms with van der Waals surface area (Å²) in [7, 11) is 0. The van der Waals surface area contributed by atoms with Gasteiger partial charge >= 0.3 is 12.1 Å². The Morgan fingerprint density at radius 2 is 1.65 bits per heavy atom. The highest BCUT2D eigenvalue weighted by atomic mass is 32.2. The quantitative estimate of drug-likeness (QED) is 0.601. The van der Waals surface area contributed by atoms with Gasteiger partial charge in [-0.25, -0.2) is 4.79 Å². The molecule has 1 heterocycles. The summed E-state index contributed by atoms with van der Waals surface area (Å²) in [6.07, 6.45) is 1.85. The van der Waals surface area contributed by atoms with Crippen LogP contribution in [-0.4, -0.2) is 65.7 Å². The summed E-state index contributed by atoms with van der Waals surface area (Å²) in [5.41, 5.74) is 4.59. The first kappa shape index (κ1) is 22.8. The summed E-state index contributed by atoms with van der Waals surface area (Å²) >= 11 is 1.61. The van der Waals surface area contributed by atoms with Crippen LogP contribution in [0.4, 0.5) is 4.79 Å². The number of ether oxygens (including phenoxy) is 1. The number of benzene rings is 2. The van der Waals surface area contributed by atoms with Crippen LogP contribution in [0, 0.1) is 17.8 Å². The minimum atomic E-state index is -0.780. The van der Waals surface area contributed by atoms with Crippen LogP contribution in [0.3, 0.4) is 0 Å². The number of carbonyl (C=O) groups is 3. The fourth-order valence-electron chi connectivity index (χ4n) is 5.57. The van der Waals surface area contributed by atoms with Crippen LogP contribution in [0.5, 0.6) is 0 Å². The van der Waals surface area contributed by atoms with Gasteiger partial charge in [0.2, 0.25) is 5.91 Å². The lowest BCUT2D eigenvalue weighted by Gasteiger charge is -2.26. The van der Waals surface area contributed by atoms with Crippen molar-refractivity contribution in [2.75, 3.05) is 31.7 Å². The average molecular weight is 481 g/mol. The molecule has 4 atom stereocenters. The third-order valence-electron chi connectivity index (χ3n) is 7.34. The van der Waals surface area contributed by atoms with Gasteiger partial charge in [-0.05, 0) is 52.5 Å². The molecule has 5 rings (SSSR count). The molecule has 0 bridgehead atoms. The molecule has 34 heavy (non-hydrogen) atoms. The zero-order valence-corrected chi connectivity index (χ0v) is 19.8. The predicted octanol–water partition coefficient (Wildman–Crippen LogP) is 3.44. The predicted molar refractivity (Wildman–Crippen MR) is 130 cm³/mol. The molecular weight excluding hydrogens is 452 g/mol. The number of nitrogens with zero attached hydrogens (tertiary/aromatic N) is 1. The molecule has 178 valence electrons. The number of hydrogen-bond acceptors (Lipinski definition) is 5. The first-order valence-electron chi connectivity index (χ1n) is 11.6. The van der Waals surface area contributed by atoms with Crippen LogP contribution in [0.1, 0.15) is 23.5 Å². The maximum atomic E-state index is 13.1. The van der Waals surface area contributed by atoms with E-state index in [0.29, 0.717) is 19.5 Å². The van der Waals surface area contributed by atoms with Gasteiger partial charge in [0.15, 0.2) is 0 Å². The zero-order valence-electron chi connectivity index (χ0n) is 19.0. The number of aliphatic carboxylic acids is 1. The molecular formula is C26H28N2O5S. The van der Waals surface area contributed by atoms with Crippen LogP contribution in [0.2, 0.25) is 0 Å². The number of nitrogens with one attached hydrogen (secondary N) is 1.